The summed E-state index contributed by atoms with van der Waals surface area (Å²) in [7, 11) is 1.58. The van der Waals surface area contributed by atoms with Crippen molar-refractivity contribution in [3.05, 3.63) is 52.3 Å². The normalized spacial score (nSPS) is 11.0. The van der Waals surface area contributed by atoms with Gasteiger partial charge in [0.05, 0.1) is 12.1 Å². The molecular weight excluding hydrogens is 364 g/mol. The van der Waals surface area contributed by atoms with Gasteiger partial charge in [-0.1, -0.05) is 43.1 Å². The number of halogens is 1. The van der Waals surface area contributed by atoms with Gasteiger partial charge in [0.1, 0.15) is 5.15 Å². The zero-order valence-corrected chi connectivity index (χ0v) is 16.6. The first-order valence-corrected chi connectivity index (χ1v) is 9.34. The van der Waals surface area contributed by atoms with Gasteiger partial charge in [-0.15, -0.1) is 0 Å². The first-order valence-electron chi connectivity index (χ1n) is 8.96. The Morgan fingerprint density at radius 3 is 2.74 bits per heavy atom. The highest BCUT2D eigenvalue weighted by Crippen LogP contribution is 2.22. The van der Waals surface area contributed by atoms with E-state index in [-0.39, 0.29) is 18.2 Å². The molecule has 0 fully saturated rings. The van der Waals surface area contributed by atoms with Crippen molar-refractivity contribution in [2.24, 2.45) is 0 Å². The summed E-state index contributed by atoms with van der Waals surface area (Å²) in [6.45, 7) is 4.73. The van der Waals surface area contributed by atoms with Crippen LogP contribution in [0.4, 0.5) is 5.69 Å². The summed E-state index contributed by atoms with van der Waals surface area (Å²) >= 11 is 6.38. The molecule has 0 saturated carbocycles. The maximum absolute atomic E-state index is 12.3. The molecule has 0 atom stereocenters. The lowest BCUT2D eigenvalue weighted by Gasteiger charge is -2.09. The Kier molecular flexibility index (Phi) is 7.61. The van der Waals surface area contributed by atoms with Gasteiger partial charge in [-0.3, -0.25) is 14.3 Å². The third-order valence-corrected chi connectivity index (χ3v) is 4.54. The van der Waals surface area contributed by atoms with Crippen LogP contribution in [0.15, 0.2) is 30.3 Å². The standard InChI is InChI=1S/C20H25ClN4O2/c1-4-5-12-25-20(21)16(14(2)24-25)10-11-18(26)23-17-9-7-6-8-15(17)13-19(27)22-3/h6-11H,4-5,12-13H2,1-3H3,(H,22,27)(H,23,26)/b11-10+. The largest absolute Gasteiger partial charge is 0.359 e. The number of hydrogen-bond donors (Lipinski definition) is 2. The minimum absolute atomic E-state index is 0.117. The minimum atomic E-state index is -0.295. The molecule has 144 valence electrons. The van der Waals surface area contributed by atoms with Crippen LogP contribution in [0.25, 0.3) is 6.08 Å². The van der Waals surface area contributed by atoms with Crippen LogP contribution in [0.3, 0.4) is 0 Å². The van der Waals surface area contributed by atoms with E-state index in [1.807, 2.05) is 25.1 Å². The van der Waals surface area contributed by atoms with Crippen LogP contribution in [0, 0.1) is 6.92 Å². The molecule has 7 heteroatoms. The Morgan fingerprint density at radius 1 is 1.30 bits per heavy atom. The molecule has 0 aliphatic heterocycles. The van der Waals surface area contributed by atoms with Gasteiger partial charge in [0.2, 0.25) is 11.8 Å². The van der Waals surface area contributed by atoms with E-state index in [4.69, 9.17) is 11.6 Å². The molecule has 1 heterocycles. The number of para-hydroxylation sites is 1. The van der Waals surface area contributed by atoms with Gasteiger partial charge in [0.15, 0.2) is 0 Å². The third-order valence-electron chi connectivity index (χ3n) is 4.14. The van der Waals surface area contributed by atoms with Crippen LogP contribution in [-0.4, -0.2) is 28.6 Å². The van der Waals surface area contributed by atoms with Crippen molar-refractivity contribution in [2.45, 2.75) is 39.7 Å². The molecule has 1 aromatic carbocycles. The second-order valence-corrected chi connectivity index (χ2v) is 6.55. The lowest BCUT2D eigenvalue weighted by atomic mass is 10.1. The van der Waals surface area contributed by atoms with Crippen LogP contribution < -0.4 is 10.6 Å². The molecule has 0 aliphatic rings. The molecule has 0 spiro atoms. The van der Waals surface area contributed by atoms with Crippen LogP contribution in [0.5, 0.6) is 0 Å². The second-order valence-electron chi connectivity index (χ2n) is 6.20. The van der Waals surface area contributed by atoms with E-state index in [9.17, 15) is 9.59 Å². The number of amides is 2. The topological polar surface area (TPSA) is 76.0 Å². The van der Waals surface area contributed by atoms with Crippen LogP contribution in [0.2, 0.25) is 5.15 Å². The Hall–Kier alpha value is -2.60. The molecule has 1 aromatic heterocycles. The summed E-state index contributed by atoms with van der Waals surface area (Å²) < 4.78 is 1.76. The van der Waals surface area contributed by atoms with Crippen LogP contribution >= 0.6 is 11.6 Å². The number of anilines is 1. The van der Waals surface area contributed by atoms with Gasteiger partial charge in [-0.05, 0) is 31.1 Å². The number of nitrogens with one attached hydrogen (secondary N) is 2. The number of unbranched alkanes of at least 4 members (excludes halogenated alkanes) is 1. The van der Waals surface area contributed by atoms with Crippen molar-refractivity contribution in [2.75, 3.05) is 12.4 Å². The number of rotatable bonds is 8. The maximum atomic E-state index is 12.3. The SMILES string of the molecule is CCCCn1nc(C)c(/C=C/C(=O)Nc2ccccc2CC(=O)NC)c1Cl. The van der Waals surface area contributed by atoms with E-state index in [2.05, 4.69) is 22.7 Å². The van der Waals surface area contributed by atoms with E-state index >= 15 is 0 Å². The quantitative estimate of drug-likeness (QED) is 0.678. The van der Waals surface area contributed by atoms with Gasteiger partial charge in [-0.2, -0.15) is 5.10 Å². The number of nitrogens with zero attached hydrogens (tertiary/aromatic N) is 2. The van der Waals surface area contributed by atoms with Crippen molar-refractivity contribution < 1.29 is 9.59 Å². The smallest absolute Gasteiger partial charge is 0.248 e. The summed E-state index contributed by atoms with van der Waals surface area (Å²) in [4.78, 5) is 23.9. The van der Waals surface area contributed by atoms with Crippen molar-refractivity contribution >= 4 is 35.2 Å². The average Bonchev–Trinajstić information content (AvgIpc) is 2.92. The molecular formula is C20H25ClN4O2. The lowest BCUT2D eigenvalue weighted by Crippen LogP contribution is -2.21. The lowest BCUT2D eigenvalue weighted by molar-refractivity contribution is -0.120. The van der Waals surface area contributed by atoms with E-state index in [0.717, 1.165) is 36.2 Å². The molecule has 6 nitrogen and oxygen atoms in total. The van der Waals surface area contributed by atoms with Gasteiger partial charge in [-0.25, -0.2) is 0 Å². The van der Waals surface area contributed by atoms with Gasteiger partial charge in [0, 0.05) is 30.9 Å². The molecule has 0 unspecified atom stereocenters. The zero-order chi connectivity index (χ0) is 19.8. The summed E-state index contributed by atoms with van der Waals surface area (Å²) in [5.74, 6) is -0.412. The number of carbonyl (C=O) groups excluding carboxylic acids is 2. The molecule has 2 aromatic rings. The molecule has 0 bridgehead atoms. The van der Waals surface area contributed by atoms with E-state index in [1.165, 1.54) is 6.08 Å². The number of benzene rings is 1. The zero-order valence-electron chi connectivity index (χ0n) is 15.9. The molecule has 27 heavy (non-hydrogen) atoms. The summed E-state index contributed by atoms with van der Waals surface area (Å²) in [5, 5.41) is 10.4. The van der Waals surface area contributed by atoms with Crippen molar-refractivity contribution in [1.29, 1.82) is 0 Å². The summed E-state index contributed by atoms with van der Waals surface area (Å²) in [5.41, 5.74) is 2.87. The number of aromatic nitrogens is 2. The molecule has 2 N–H and O–H groups in total. The molecule has 0 radical (unpaired) electrons. The number of carbonyl (C=O) groups is 2. The van der Waals surface area contributed by atoms with Crippen LogP contribution in [0.1, 0.15) is 36.6 Å². The molecule has 0 aliphatic carbocycles. The Labute approximate surface area is 164 Å². The van der Waals surface area contributed by atoms with Crippen molar-refractivity contribution in [3.63, 3.8) is 0 Å². The first kappa shape index (κ1) is 20.7. The van der Waals surface area contributed by atoms with Crippen molar-refractivity contribution in [1.82, 2.24) is 15.1 Å². The van der Waals surface area contributed by atoms with E-state index in [0.29, 0.717) is 10.8 Å². The van der Waals surface area contributed by atoms with E-state index in [1.54, 1.807) is 23.9 Å². The van der Waals surface area contributed by atoms with Gasteiger partial charge in [0.25, 0.3) is 0 Å². The molecule has 0 saturated heterocycles. The van der Waals surface area contributed by atoms with Crippen LogP contribution in [-0.2, 0) is 22.6 Å². The number of aryl methyl sites for hydroxylation is 2. The highest BCUT2D eigenvalue weighted by Gasteiger charge is 2.12. The predicted octanol–water partition coefficient (Wildman–Crippen LogP) is 3.59. The van der Waals surface area contributed by atoms with E-state index < -0.39 is 0 Å². The van der Waals surface area contributed by atoms with Gasteiger partial charge < -0.3 is 10.6 Å². The predicted molar refractivity (Wildman–Crippen MR) is 109 cm³/mol. The Morgan fingerprint density at radius 2 is 2.04 bits per heavy atom. The highest BCUT2D eigenvalue weighted by atomic mass is 35.5. The minimum Gasteiger partial charge on any atom is -0.359 e. The second kappa shape index (κ2) is 9.92. The fourth-order valence-corrected chi connectivity index (χ4v) is 2.93. The number of hydrogen-bond acceptors (Lipinski definition) is 3. The molecule has 2 amide bonds. The fraction of sp³-hybridized carbons (Fsp3) is 0.350. The Bertz CT molecular complexity index is 843. The van der Waals surface area contributed by atoms with Crippen molar-refractivity contribution in [3.8, 4) is 0 Å². The average molecular weight is 389 g/mol. The maximum Gasteiger partial charge on any atom is 0.248 e. The highest BCUT2D eigenvalue weighted by molar-refractivity contribution is 6.31. The third kappa shape index (κ3) is 5.69. The first-order chi connectivity index (χ1) is 13.0. The fourth-order valence-electron chi connectivity index (χ4n) is 2.60. The summed E-state index contributed by atoms with van der Waals surface area (Å²) in [6, 6.07) is 7.22. The summed E-state index contributed by atoms with van der Waals surface area (Å²) in [6.07, 6.45) is 5.34. The Balaban J connectivity index is 2.10. The molecule has 2 rings (SSSR count). The van der Waals surface area contributed by atoms with Gasteiger partial charge >= 0.3 is 0 Å². The number of likely N-dealkylation sites (N-methyl/N-ethyl adjacent to an activating group) is 1. The monoisotopic (exact) mass is 388 g/mol.